The van der Waals surface area contributed by atoms with Crippen LogP contribution < -0.4 is 4.72 Å². The van der Waals surface area contributed by atoms with Gasteiger partial charge in [0.15, 0.2) is 11.0 Å². The number of rotatable bonds is 3. The maximum atomic E-state index is 12.2. The van der Waals surface area contributed by atoms with E-state index in [0.717, 1.165) is 9.75 Å². The molecule has 96 valence electrons. The summed E-state index contributed by atoms with van der Waals surface area (Å²) in [5.41, 5.74) is 0. The van der Waals surface area contributed by atoms with Crippen molar-refractivity contribution in [3.8, 4) is 0 Å². The van der Waals surface area contributed by atoms with Crippen molar-refractivity contribution in [2.45, 2.75) is 18.7 Å². The molecule has 0 aromatic carbocycles. The van der Waals surface area contributed by atoms with Gasteiger partial charge in [-0.2, -0.15) is 0 Å². The van der Waals surface area contributed by atoms with Crippen LogP contribution in [0.1, 0.15) is 9.75 Å². The summed E-state index contributed by atoms with van der Waals surface area (Å²) in [6.07, 6.45) is 2.76. The van der Waals surface area contributed by atoms with Crippen LogP contribution in [-0.4, -0.2) is 18.4 Å². The van der Waals surface area contributed by atoms with Crippen molar-refractivity contribution in [2.24, 2.45) is 0 Å². The smallest absolute Gasteiger partial charge is 0.261 e. The largest absolute Gasteiger partial charge is 0.264 e. The third-order valence-electron chi connectivity index (χ3n) is 2.17. The highest BCUT2D eigenvalue weighted by Gasteiger charge is 2.20. The Labute approximate surface area is 114 Å². The number of hydrogen-bond acceptors (Lipinski definition) is 5. The van der Waals surface area contributed by atoms with Crippen molar-refractivity contribution in [1.29, 1.82) is 0 Å². The van der Waals surface area contributed by atoms with E-state index in [1.165, 1.54) is 23.7 Å². The van der Waals surface area contributed by atoms with Crippen LogP contribution in [0.2, 0.25) is 5.15 Å². The Bertz CT molecular complexity index is 682. The van der Waals surface area contributed by atoms with E-state index < -0.39 is 10.0 Å². The fourth-order valence-corrected chi connectivity index (χ4v) is 4.23. The third kappa shape index (κ3) is 2.63. The first-order valence-electron chi connectivity index (χ1n) is 4.96. The Balaban J connectivity index is 2.40. The van der Waals surface area contributed by atoms with Gasteiger partial charge in [0.1, 0.15) is 4.90 Å². The van der Waals surface area contributed by atoms with E-state index in [-0.39, 0.29) is 15.9 Å². The zero-order chi connectivity index (χ0) is 13.3. The second-order valence-electron chi connectivity index (χ2n) is 3.58. The van der Waals surface area contributed by atoms with Crippen molar-refractivity contribution in [3.63, 3.8) is 0 Å². The number of thiophene rings is 1. The van der Waals surface area contributed by atoms with Gasteiger partial charge >= 0.3 is 0 Å². The van der Waals surface area contributed by atoms with Crippen molar-refractivity contribution in [2.75, 3.05) is 4.72 Å². The minimum Gasteiger partial charge on any atom is -0.261 e. The summed E-state index contributed by atoms with van der Waals surface area (Å²) in [5, 5.41) is 0.0191. The van der Waals surface area contributed by atoms with Gasteiger partial charge in [-0.3, -0.25) is 4.72 Å². The summed E-state index contributed by atoms with van der Waals surface area (Å²) in [7, 11) is -3.67. The van der Waals surface area contributed by atoms with Crippen molar-refractivity contribution in [1.82, 2.24) is 9.97 Å². The molecule has 0 aliphatic heterocycles. The monoisotopic (exact) mass is 303 g/mol. The van der Waals surface area contributed by atoms with Crippen LogP contribution in [0.4, 0.5) is 5.82 Å². The average molecular weight is 304 g/mol. The SMILES string of the molecule is Cc1cc(S(=O)(=O)Nc2nccnc2Cl)c(C)s1. The summed E-state index contributed by atoms with van der Waals surface area (Å²) < 4.78 is 26.6. The number of aryl methyl sites for hydroxylation is 2. The number of nitrogens with zero attached hydrogens (tertiary/aromatic N) is 2. The number of sulfonamides is 1. The van der Waals surface area contributed by atoms with Gasteiger partial charge in [-0.15, -0.1) is 11.3 Å². The predicted octanol–water partition coefficient (Wildman–Crippen LogP) is 2.61. The molecule has 5 nitrogen and oxygen atoms in total. The molecule has 0 fully saturated rings. The third-order valence-corrected chi connectivity index (χ3v) is 5.01. The van der Waals surface area contributed by atoms with Crippen molar-refractivity contribution >= 4 is 38.8 Å². The molecular formula is C10H10ClN3O2S2. The molecule has 0 atom stereocenters. The molecule has 2 heterocycles. The van der Waals surface area contributed by atoms with E-state index in [1.807, 2.05) is 6.92 Å². The van der Waals surface area contributed by atoms with Crippen LogP contribution in [0.3, 0.4) is 0 Å². The lowest BCUT2D eigenvalue weighted by Crippen LogP contribution is -2.14. The van der Waals surface area contributed by atoms with Gasteiger partial charge in [-0.1, -0.05) is 11.6 Å². The Hall–Kier alpha value is -1.18. The second-order valence-corrected chi connectivity index (χ2v) is 7.05. The molecule has 1 N–H and O–H groups in total. The molecule has 0 saturated carbocycles. The first-order chi connectivity index (χ1) is 8.40. The number of hydrogen-bond donors (Lipinski definition) is 1. The summed E-state index contributed by atoms with van der Waals surface area (Å²) in [6.45, 7) is 3.61. The fourth-order valence-electron chi connectivity index (χ4n) is 1.45. The van der Waals surface area contributed by atoms with Crippen LogP contribution in [0.5, 0.6) is 0 Å². The number of aromatic nitrogens is 2. The van der Waals surface area contributed by atoms with Crippen molar-refractivity contribution in [3.05, 3.63) is 33.4 Å². The highest BCUT2D eigenvalue weighted by atomic mass is 35.5. The Morgan fingerprint density at radius 2 is 1.94 bits per heavy atom. The second kappa shape index (κ2) is 4.83. The highest BCUT2D eigenvalue weighted by Crippen LogP contribution is 2.27. The van der Waals surface area contributed by atoms with Gasteiger partial charge in [-0.25, -0.2) is 18.4 Å². The summed E-state index contributed by atoms with van der Waals surface area (Å²) in [6, 6.07) is 1.62. The first-order valence-corrected chi connectivity index (χ1v) is 7.64. The Morgan fingerprint density at radius 1 is 1.28 bits per heavy atom. The van der Waals surface area contributed by atoms with Crippen molar-refractivity contribution < 1.29 is 8.42 Å². The summed E-state index contributed by atoms with van der Waals surface area (Å²) in [5.74, 6) is 0.0300. The molecule has 0 radical (unpaired) electrons. The molecule has 0 aliphatic rings. The van der Waals surface area contributed by atoms with Crippen LogP contribution in [-0.2, 0) is 10.0 Å². The van der Waals surface area contributed by atoms with Gasteiger partial charge in [0, 0.05) is 22.1 Å². The van der Waals surface area contributed by atoms with E-state index in [9.17, 15) is 8.42 Å². The fraction of sp³-hybridized carbons (Fsp3) is 0.200. The molecule has 18 heavy (non-hydrogen) atoms. The first kappa shape index (κ1) is 13.3. The molecule has 2 rings (SSSR count). The predicted molar refractivity (Wildman–Crippen MR) is 71.6 cm³/mol. The van der Waals surface area contributed by atoms with Crippen LogP contribution in [0.15, 0.2) is 23.4 Å². The van der Waals surface area contributed by atoms with E-state index >= 15 is 0 Å². The van der Waals surface area contributed by atoms with E-state index in [4.69, 9.17) is 11.6 Å². The summed E-state index contributed by atoms with van der Waals surface area (Å²) >= 11 is 7.19. The zero-order valence-corrected chi connectivity index (χ0v) is 12.0. The lowest BCUT2D eigenvalue weighted by Gasteiger charge is -2.07. The topological polar surface area (TPSA) is 72.0 Å². The zero-order valence-electron chi connectivity index (χ0n) is 9.64. The minimum absolute atomic E-state index is 0.0191. The number of halogens is 1. The average Bonchev–Trinajstić information content (AvgIpc) is 2.62. The maximum Gasteiger partial charge on any atom is 0.264 e. The van der Waals surface area contributed by atoms with Crippen LogP contribution >= 0.6 is 22.9 Å². The molecule has 0 unspecified atom stereocenters. The van der Waals surface area contributed by atoms with Gasteiger partial charge in [0.25, 0.3) is 10.0 Å². The molecule has 0 amide bonds. The molecule has 0 spiro atoms. The quantitative estimate of drug-likeness (QED) is 0.946. The minimum atomic E-state index is -3.67. The molecule has 0 aliphatic carbocycles. The van der Waals surface area contributed by atoms with Gasteiger partial charge in [0.05, 0.1) is 0 Å². The van der Waals surface area contributed by atoms with Crippen LogP contribution in [0, 0.1) is 13.8 Å². The molecule has 2 aromatic rings. The Morgan fingerprint density at radius 3 is 2.50 bits per heavy atom. The van der Waals surface area contributed by atoms with E-state index in [0.29, 0.717) is 0 Å². The van der Waals surface area contributed by atoms with Gasteiger partial charge in [-0.05, 0) is 19.9 Å². The molecule has 2 aromatic heterocycles. The van der Waals surface area contributed by atoms with Crippen LogP contribution in [0.25, 0.3) is 0 Å². The van der Waals surface area contributed by atoms with Gasteiger partial charge in [0.2, 0.25) is 0 Å². The molecule has 0 bridgehead atoms. The van der Waals surface area contributed by atoms with E-state index in [1.54, 1.807) is 13.0 Å². The summed E-state index contributed by atoms with van der Waals surface area (Å²) in [4.78, 5) is 9.50. The normalized spacial score (nSPS) is 11.5. The highest BCUT2D eigenvalue weighted by molar-refractivity contribution is 7.93. The molecular weight excluding hydrogens is 294 g/mol. The maximum absolute atomic E-state index is 12.2. The standard InChI is InChI=1S/C10H10ClN3O2S2/c1-6-5-8(7(2)17-6)18(15,16)14-10-9(11)12-3-4-13-10/h3-5H,1-2H3,(H,13,14). The lowest BCUT2D eigenvalue weighted by molar-refractivity contribution is 0.601. The van der Waals surface area contributed by atoms with E-state index in [2.05, 4.69) is 14.7 Å². The lowest BCUT2D eigenvalue weighted by atomic mass is 10.4. The number of nitrogens with one attached hydrogen (secondary N) is 1. The number of anilines is 1. The van der Waals surface area contributed by atoms with Gasteiger partial charge < -0.3 is 0 Å². The molecule has 8 heteroatoms. The Kier molecular flexibility index (Phi) is 3.56. The molecule has 0 saturated heterocycles.